The van der Waals surface area contributed by atoms with Crippen LogP contribution in [-0.4, -0.2) is 28.5 Å². The quantitative estimate of drug-likeness (QED) is 0.599. The number of anilines is 2. The highest BCUT2D eigenvalue weighted by Gasteiger charge is 2.24. The van der Waals surface area contributed by atoms with E-state index in [0.29, 0.717) is 11.4 Å². The van der Waals surface area contributed by atoms with Crippen molar-refractivity contribution in [2.75, 3.05) is 23.8 Å². The summed E-state index contributed by atoms with van der Waals surface area (Å²) in [5.74, 6) is -0.501. The van der Waals surface area contributed by atoms with Crippen LogP contribution in [0.25, 0.3) is 0 Å². The fourth-order valence-electron chi connectivity index (χ4n) is 2.69. The molecule has 0 unspecified atom stereocenters. The van der Waals surface area contributed by atoms with Crippen LogP contribution >= 0.6 is 11.6 Å². The van der Waals surface area contributed by atoms with Crippen LogP contribution in [0, 0.1) is 5.82 Å². The normalized spacial score (nSPS) is 11.1. The molecule has 0 saturated carbocycles. The summed E-state index contributed by atoms with van der Waals surface area (Å²) in [6, 6.07) is 15.6. The Bertz CT molecular complexity index is 1180. The first kappa shape index (κ1) is 21.6. The van der Waals surface area contributed by atoms with E-state index in [-0.39, 0.29) is 21.2 Å². The van der Waals surface area contributed by atoms with E-state index >= 15 is 0 Å². The van der Waals surface area contributed by atoms with Crippen LogP contribution in [0.5, 0.6) is 5.75 Å². The molecule has 0 bridgehead atoms. The van der Waals surface area contributed by atoms with E-state index in [4.69, 9.17) is 16.3 Å². The summed E-state index contributed by atoms with van der Waals surface area (Å²) in [5.41, 5.74) is 0.730. The first-order valence-electron chi connectivity index (χ1n) is 8.72. The molecule has 30 heavy (non-hydrogen) atoms. The molecule has 0 aliphatic carbocycles. The Morgan fingerprint density at radius 3 is 2.43 bits per heavy atom. The van der Waals surface area contributed by atoms with Crippen molar-refractivity contribution in [3.8, 4) is 5.75 Å². The number of rotatable bonds is 6. The number of carbonyl (C=O) groups is 1. The maximum absolute atomic E-state index is 13.1. The molecule has 0 saturated heterocycles. The molecule has 0 heterocycles. The SMILES string of the molecule is COc1cccc(NC(=O)c2cc(S(=O)(=O)N(C)c3ccc(F)cc3)ccc2Cl)c1. The Morgan fingerprint density at radius 2 is 1.77 bits per heavy atom. The van der Waals surface area contributed by atoms with Crippen molar-refractivity contribution >= 4 is 38.9 Å². The summed E-state index contributed by atoms with van der Waals surface area (Å²) < 4.78 is 45.2. The van der Waals surface area contributed by atoms with Crippen LogP contribution in [0.1, 0.15) is 10.4 Å². The third-order valence-corrected chi connectivity index (χ3v) is 6.47. The molecule has 3 aromatic carbocycles. The lowest BCUT2D eigenvalue weighted by atomic mass is 10.2. The number of nitrogens with zero attached hydrogens (tertiary/aromatic N) is 1. The smallest absolute Gasteiger partial charge is 0.264 e. The van der Waals surface area contributed by atoms with Gasteiger partial charge in [0.2, 0.25) is 0 Å². The standard InChI is InChI=1S/C21H18ClFN2O4S/c1-25(16-8-6-14(23)7-9-16)30(27,28)18-10-11-20(22)19(13-18)21(26)24-15-4-3-5-17(12-15)29-2/h3-13H,1-2H3,(H,24,26). The molecule has 0 aliphatic heterocycles. The number of methoxy groups -OCH3 is 1. The second-order valence-corrected chi connectivity index (χ2v) is 8.65. The maximum Gasteiger partial charge on any atom is 0.264 e. The summed E-state index contributed by atoms with van der Waals surface area (Å²) in [6.45, 7) is 0. The molecule has 3 aromatic rings. The zero-order valence-electron chi connectivity index (χ0n) is 16.1. The molecule has 9 heteroatoms. The first-order valence-corrected chi connectivity index (χ1v) is 10.5. The average molecular weight is 449 g/mol. The van der Waals surface area contributed by atoms with Gasteiger partial charge in [-0.3, -0.25) is 9.10 Å². The summed E-state index contributed by atoms with van der Waals surface area (Å²) in [5, 5.41) is 2.76. The Balaban J connectivity index is 1.91. The number of carbonyl (C=O) groups excluding carboxylic acids is 1. The second kappa shape index (κ2) is 8.73. The van der Waals surface area contributed by atoms with Gasteiger partial charge in [-0.15, -0.1) is 0 Å². The molecule has 0 fully saturated rings. The van der Waals surface area contributed by atoms with Crippen molar-refractivity contribution < 1.29 is 22.3 Å². The lowest BCUT2D eigenvalue weighted by Gasteiger charge is -2.20. The third kappa shape index (κ3) is 4.55. The Morgan fingerprint density at radius 1 is 1.07 bits per heavy atom. The monoisotopic (exact) mass is 448 g/mol. The fraction of sp³-hybridized carbons (Fsp3) is 0.0952. The molecule has 0 aliphatic rings. The number of sulfonamides is 1. The van der Waals surface area contributed by atoms with Gasteiger partial charge in [-0.25, -0.2) is 12.8 Å². The van der Waals surface area contributed by atoms with Gasteiger partial charge in [0.25, 0.3) is 15.9 Å². The minimum Gasteiger partial charge on any atom is -0.497 e. The molecule has 1 amide bonds. The molecule has 0 atom stereocenters. The molecule has 0 radical (unpaired) electrons. The molecular formula is C21H18ClFN2O4S. The van der Waals surface area contributed by atoms with Gasteiger partial charge >= 0.3 is 0 Å². The number of hydrogen-bond donors (Lipinski definition) is 1. The van der Waals surface area contributed by atoms with Crippen LogP contribution in [0.3, 0.4) is 0 Å². The minimum absolute atomic E-state index is 0.00642. The predicted molar refractivity (Wildman–Crippen MR) is 114 cm³/mol. The van der Waals surface area contributed by atoms with E-state index < -0.39 is 21.7 Å². The highest BCUT2D eigenvalue weighted by molar-refractivity contribution is 7.92. The Kier molecular flexibility index (Phi) is 6.28. The summed E-state index contributed by atoms with van der Waals surface area (Å²) in [7, 11) is -1.16. The molecular weight excluding hydrogens is 431 g/mol. The second-order valence-electron chi connectivity index (χ2n) is 6.28. The van der Waals surface area contributed by atoms with Crippen LogP contribution in [0.2, 0.25) is 5.02 Å². The highest BCUT2D eigenvalue weighted by Crippen LogP contribution is 2.27. The predicted octanol–water partition coefficient (Wildman–Crippen LogP) is 4.57. The molecule has 1 N–H and O–H groups in total. The first-order chi connectivity index (χ1) is 14.2. The van der Waals surface area contributed by atoms with Crippen molar-refractivity contribution in [3.05, 3.63) is 83.1 Å². The van der Waals surface area contributed by atoms with E-state index in [1.165, 1.54) is 44.5 Å². The van der Waals surface area contributed by atoms with Crippen molar-refractivity contribution in [2.24, 2.45) is 0 Å². The summed E-state index contributed by atoms with van der Waals surface area (Å²) in [6.07, 6.45) is 0. The third-order valence-electron chi connectivity index (χ3n) is 4.36. The van der Waals surface area contributed by atoms with Gasteiger partial charge in [0, 0.05) is 18.8 Å². The van der Waals surface area contributed by atoms with Crippen molar-refractivity contribution in [2.45, 2.75) is 4.90 Å². The van der Waals surface area contributed by atoms with Gasteiger partial charge in [-0.1, -0.05) is 17.7 Å². The van der Waals surface area contributed by atoms with Gasteiger partial charge in [-0.05, 0) is 54.6 Å². The van der Waals surface area contributed by atoms with Crippen molar-refractivity contribution in [3.63, 3.8) is 0 Å². The van der Waals surface area contributed by atoms with Gasteiger partial charge in [0.05, 0.1) is 28.3 Å². The Labute approximate surface area is 178 Å². The molecule has 0 aromatic heterocycles. The summed E-state index contributed by atoms with van der Waals surface area (Å²) >= 11 is 6.14. The van der Waals surface area contributed by atoms with Gasteiger partial charge < -0.3 is 10.1 Å². The van der Waals surface area contributed by atoms with E-state index in [1.54, 1.807) is 24.3 Å². The van der Waals surface area contributed by atoms with Crippen LogP contribution < -0.4 is 14.4 Å². The Hall–Kier alpha value is -3.10. The number of benzene rings is 3. The van der Waals surface area contributed by atoms with Crippen LogP contribution in [-0.2, 0) is 10.0 Å². The van der Waals surface area contributed by atoms with Gasteiger partial charge in [-0.2, -0.15) is 0 Å². The number of nitrogens with one attached hydrogen (secondary N) is 1. The van der Waals surface area contributed by atoms with Crippen LogP contribution in [0.4, 0.5) is 15.8 Å². The zero-order chi connectivity index (χ0) is 21.9. The molecule has 6 nitrogen and oxygen atoms in total. The number of halogens is 2. The van der Waals surface area contributed by atoms with Gasteiger partial charge in [0.15, 0.2) is 0 Å². The molecule has 0 spiro atoms. The lowest BCUT2D eigenvalue weighted by molar-refractivity contribution is 0.102. The lowest BCUT2D eigenvalue weighted by Crippen LogP contribution is -2.27. The van der Waals surface area contributed by atoms with Crippen LogP contribution in [0.15, 0.2) is 71.6 Å². The zero-order valence-corrected chi connectivity index (χ0v) is 17.7. The van der Waals surface area contributed by atoms with Crippen molar-refractivity contribution in [1.29, 1.82) is 0 Å². The average Bonchev–Trinajstić information content (AvgIpc) is 2.74. The minimum atomic E-state index is -4.01. The van der Waals surface area contributed by atoms with E-state index in [1.807, 2.05) is 0 Å². The maximum atomic E-state index is 13.1. The fourth-order valence-corrected chi connectivity index (χ4v) is 4.11. The number of amides is 1. The number of hydrogen-bond acceptors (Lipinski definition) is 4. The topological polar surface area (TPSA) is 75.7 Å². The van der Waals surface area contributed by atoms with Gasteiger partial charge in [0.1, 0.15) is 11.6 Å². The number of ether oxygens (including phenoxy) is 1. The molecule has 156 valence electrons. The largest absolute Gasteiger partial charge is 0.497 e. The van der Waals surface area contributed by atoms with Crippen molar-refractivity contribution in [1.82, 2.24) is 0 Å². The van der Waals surface area contributed by atoms with E-state index in [2.05, 4.69) is 5.32 Å². The van der Waals surface area contributed by atoms with E-state index in [0.717, 1.165) is 16.4 Å². The highest BCUT2D eigenvalue weighted by atomic mass is 35.5. The summed E-state index contributed by atoms with van der Waals surface area (Å²) in [4.78, 5) is 12.6. The molecule has 3 rings (SSSR count). The van der Waals surface area contributed by atoms with E-state index in [9.17, 15) is 17.6 Å².